The van der Waals surface area contributed by atoms with E-state index in [9.17, 15) is 4.39 Å². The van der Waals surface area contributed by atoms with E-state index in [0.29, 0.717) is 17.6 Å². The summed E-state index contributed by atoms with van der Waals surface area (Å²) in [5.41, 5.74) is 2.79. The van der Waals surface area contributed by atoms with Crippen LogP contribution in [0.4, 0.5) is 21.7 Å². The molecule has 1 saturated carbocycles. The fourth-order valence-electron chi connectivity index (χ4n) is 4.05. The van der Waals surface area contributed by atoms with Crippen molar-refractivity contribution in [2.75, 3.05) is 23.7 Å². The van der Waals surface area contributed by atoms with Crippen LogP contribution in [-0.2, 0) is 0 Å². The second-order valence-corrected chi connectivity index (χ2v) is 7.81. The van der Waals surface area contributed by atoms with Crippen molar-refractivity contribution in [3.05, 3.63) is 47.9 Å². The molecule has 1 aromatic carbocycles. The quantitative estimate of drug-likeness (QED) is 0.572. The minimum Gasteiger partial charge on any atom is -0.366 e. The third-order valence-electron chi connectivity index (χ3n) is 5.79. The molecule has 0 bridgehead atoms. The molecule has 0 unspecified atom stereocenters. The molecule has 0 spiro atoms. The first-order valence-electron chi connectivity index (χ1n) is 10.1. The molecule has 6 nitrogen and oxygen atoms in total. The summed E-state index contributed by atoms with van der Waals surface area (Å²) in [4.78, 5) is 4.90. The minimum absolute atomic E-state index is 0. The summed E-state index contributed by atoms with van der Waals surface area (Å²) in [5.74, 6) is 1.89. The average molecular weight is 417 g/mol. The highest BCUT2D eigenvalue weighted by Gasteiger charge is 2.25. The Labute approximate surface area is 175 Å². The van der Waals surface area contributed by atoms with Gasteiger partial charge in [-0.1, -0.05) is 12.5 Å². The molecule has 8 heteroatoms. The summed E-state index contributed by atoms with van der Waals surface area (Å²) >= 11 is 0. The van der Waals surface area contributed by atoms with E-state index < -0.39 is 0 Å². The van der Waals surface area contributed by atoms with Crippen LogP contribution in [-0.4, -0.2) is 33.7 Å². The number of rotatable bonds is 5. The van der Waals surface area contributed by atoms with Gasteiger partial charge in [0, 0.05) is 29.9 Å². The standard InChI is InChI=1S/C21H25FN6.ClH/c22-15-6-2-7-16(10-15)26-20-11-19(25-17-8-3-9-23-12-17)27-21-18(13-24-28(20)21)14-4-1-5-14;/h2,6-7,10-11,13-14,17,23,26H,1,3-5,8-9,12H2,(H,25,27);1H/t17-;/m0./s1. The normalized spacial score (nSPS) is 19.4. The van der Waals surface area contributed by atoms with E-state index in [1.165, 1.54) is 37.0 Å². The highest BCUT2D eigenvalue weighted by atomic mass is 35.5. The Morgan fingerprint density at radius 2 is 2.03 bits per heavy atom. The number of halogens is 2. The van der Waals surface area contributed by atoms with Gasteiger partial charge in [0.15, 0.2) is 5.65 Å². The maximum Gasteiger partial charge on any atom is 0.163 e. The average Bonchev–Trinajstić information content (AvgIpc) is 3.05. The van der Waals surface area contributed by atoms with Crippen molar-refractivity contribution in [2.45, 2.75) is 44.1 Å². The predicted molar refractivity (Wildman–Crippen MR) is 116 cm³/mol. The van der Waals surface area contributed by atoms with Crippen LogP contribution in [0.3, 0.4) is 0 Å². The van der Waals surface area contributed by atoms with Crippen LogP contribution < -0.4 is 16.0 Å². The molecule has 5 rings (SSSR count). The Hall–Kier alpha value is -2.38. The molecule has 154 valence electrons. The highest BCUT2D eigenvalue weighted by molar-refractivity contribution is 5.85. The van der Waals surface area contributed by atoms with Crippen molar-refractivity contribution in [1.82, 2.24) is 19.9 Å². The van der Waals surface area contributed by atoms with Crippen molar-refractivity contribution in [3.8, 4) is 0 Å². The molecule has 1 atom stereocenters. The summed E-state index contributed by atoms with van der Waals surface area (Å²) in [6.45, 7) is 2.01. The number of nitrogens with zero attached hydrogens (tertiary/aromatic N) is 3. The first-order chi connectivity index (χ1) is 13.8. The number of hydrogen-bond donors (Lipinski definition) is 3. The lowest BCUT2D eigenvalue weighted by Crippen LogP contribution is -2.38. The zero-order chi connectivity index (χ0) is 18.9. The van der Waals surface area contributed by atoms with E-state index in [-0.39, 0.29) is 18.2 Å². The molecule has 0 amide bonds. The Balaban J connectivity index is 0.00000205. The first-order valence-corrected chi connectivity index (χ1v) is 10.1. The zero-order valence-electron chi connectivity index (χ0n) is 16.2. The largest absolute Gasteiger partial charge is 0.366 e. The van der Waals surface area contributed by atoms with Crippen LogP contribution in [0.1, 0.15) is 43.6 Å². The van der Waals surface area contributed by atoms with Crippen molar-refractivity contribution in [1.29, 1.82) is 0 Å². The van der Waals surface area contributed by atoms with Gasteiger partial charge >= 0.3 is 0 Å². The lowest BCUT2D eigenvalue weighted by Gasteiger charge is -2.26. The van der Waals surface area contributed by atoms with Gasteiger partial charge in [-0.15, -0.1) is 12.4 Å². The van der Waals surface area contributed by atoms with Gasteiger partial charge in [-0.3, -0.25) is 0 Å². The number of nitrogens with one attached hydrogen (secondary N) is 3. The number of fused-ring (bicyclic) bond motifs is 1. The molecule has 3 aromatic rings. The molecule has 2 aliphatic rings. The molecule has 3 N–H and O–H groups in total. The second kappa shape index (κ2) is 8.55. The molecule has 29 heavy (non-hydrogen) atoms. The van der Waals surface area contributed by atoms with Gasteiger partial charge in [0.25, 0.3) is 0 Å². The summed E-state index contributed by atoms with van der Waals surface area (Å²) < 4.78 is 15.5. The summed E-state index contributed by atoms with van der Waals surface area (Å²) in [6.07, 6.45) is 7.88. The van der Waals surface area contributed by atoms with Gasteiger partial charge in [-0.25, -0.2) is 9.37 Å². The predicted octanol–water partition coefficient (Wildman–Crippen LogP) is 4.47. The van der Waals surface area contributed by atoms with Gasteiger partial charge in [0.05, 0.1) is 6.20 Å². The summed E-state index contributed by atoms with van der Waals surface area (Å²) in [6, 6.07) is 8.81. The second-order valence-electron chi connectivity index (χ2n) is 7.81. The SMILES string of the molecule is Cl.Fc1cccc(Nc2cc(N[C@H]3CCCNC3)nc3c(C4CCC4)cnn23)c1. The third-order valence-corrected chi connectivity index (χ3v) is 5.79. The van der Waals surface area contributed by atoms with Gasteiger partial charge in [-0.05, 0) is 56.3 Å². The number of piperidine rings is 1. The molecule has 1 aliphatic carbocycles. The van der Waals surface area contributed by atoms with Gasteiger partial charge in [-0.2, -0.15) is 9.61 Å². The van der Waals surface area contributed by atoms with E-state index >= 15 is 0 Å². The van der Waals surface area contributed by atoms with Crippen LogP contribution in [0.25, 0.3) is 5.65 Å². The Kier molecular flexibility index (Phi) is 5.87. The van der Waals surface area contributed by atoms with Crippen LogP contribution in [0.5, 0.6) is 0 Å². The van der Waals surface area contributed by atoms with Crippen LogP contribution in [0, 0.1) is 5.82 Å². The van der Waals surface area contributed by atoms with Crippen molar-refractivity contribution >= 4 is 35.4 Å². The van der Waals surface area contributed by atoms with Gasteiger partial charge in [0.1, 0.15) is 17.5 Å². The molecule has 0 radical (unpaired) electrons. The van der Waals surface area contributed by atoms with E-state index in [2.05, 4.69) is 21.0 Å². The molecule has 2 fully saturated rings. The lowest BCUT2D eigenvalue weighted by molar-refractivity contribution is 0.421. The summed E-state index contributed by atoms with van der Waals surface area (Å²) in [7, 11) is 0. The topological polar surface area (TPSA) is 66.3 Å². The van der Waals surface area contributed by atoms with Crippen molar-refractivity contribution in [2.24, 2.45) is 0 Å². The zero-order valence-corrected chi connectivity index (χ0v) is 17.0. The van der Waals surface area contributed by atoms with E-state index in [0.717, 1.165) is 43.2 Å². The molecular formula is C21H26ClFN6. The van der Waals surface area contributed by atoms with Crippen molar-refractivity contribution < 1.29 is 4.39 Å². The molecule has 1 saturated heterocycles. The minimum atomic E-state index is -0.266. The number of benzene rings is 1. The maximum absolute atomic E-state index is 13.6. The van der Waals surface area contributed by atoms with Gasteiger partial charge in [0.2, 0.25) is 0 Å². The van der Waals surface area contributed by atoms with E-state index in [1.54, 1.807) is 6.07 Å². The number of hydrogen-bond acceptors (Lipinski definition) is 5. The number of anilines is 3. The van der Waals surface area contributed by atoms with E-state index in [1.807, 2.05) is 22.8 Å². The summed E-state index contributed by atoms with van der Waals surface area (Å²) in [5, 5.41) is 14.9. The first kappa shape index (κ1) is 19.9. The smallest absolute Gasteiger partial charge is 0.163 e. The molecule has 1 aliphatic heterocycles. The van der Waals surface area contributed by atoms with Crippen LogP contribution >= 0.6 is 12.4 Å². The monoisotopic (exact) mass is 416 g/mol. The molecular weight excluding hydrogens is 391 g/mol. The maximum atomic E-state index is 13.6. The molecule has 2 aromatic heterocycles. The Morgan fingerprint density at radius 3 is 2.76 bits per heavy atom. The fourth-order valence-corrected chi connectivity index (χ4v) is 4.05. The van der Waals surface area contributed by atoms with E-state index in [4.69, 9.17) is 4.98 Å². The highest BCUT2D eigenvalue weighted by Crippen LogP contribution is 2.38. The Morgan fingerprint density at radius 1 is 1.14 bits per heavy atom. The number of aromatic nitrogens is 3. The molecule has 3 heterocycles. The lowest BCUT2D eigenvalue weighted by atomic mass is 9.81. The van der Waals surface area contributed by atoms with Gasteiger partial charge < -0.3 is 16.0 Å². The van der Waals surface area contributed by atoms with Crippen LogP contribution in [0.2, 0.25) is 0 Å². The van der Waals surface area contributed by atoms with Crippen molar-refractivity contribution in [3.63, 3.8) is 0 Å². The third kappa shape index (κ3) is 4.16. The Bertz CT molecular complexity index is 980. The van der Waals surface area contributed by atoms with Crippen LogP contribution in [0.15, 0.2) is 36.5 Å². The fraction of sp³-hybridized carbons (Fsp3) is 0.429.